The van der Waals surface area contributed by atoms with Gasteiger partial charge in [0.1, 0.15) is 4.88 Å². The predicted octanol–water partition coefficient (Wildman–Crippen LogP) is 7.87. The average molecular weight is 559 g/mol. The Hall–Kier alpha value is -1.82. The number of aromatic carboxylic acids is 1. The van der Waals surface area contributed by atoms with E-state index in [-0.39, 0.29) is 28.2 Å². The number of carbonyl (C=O) groups excluding carboxylic acids is 1. The fourth-order valence-corrected chi connectivity index (χ4v) is 8.46. The number of aromatic nitrogens is 1. The summed E-state index contributed by atoms with van der Waals surface area (Å²) in [4.78, 5) is 33.6. The molecule has 1 N–H and O–H groups in total. The minimum atomic E-state index is -0.983. The van der Waals surface area contributed by atoms with Crippen LogP contribution in [0.15, 0.2) is 16.5 Å². The second-order valence-electron chi connectivity index (χ2n) is 11.5. The Balaban J connectivity index is 1.61. The van der Waals surface area contributed by atoms with Gasteiger partial charge in [-0.15, -0.1) is 34.4 Å². The number of rotatable bonds is 6. The third-order valence-corrected chi connectivity index (χ3v) is 10.6. The molecule has 0 atom stereocenters. The van der Waals surface area contributed by atoms with E-state index in [1.807, 2.05) is 56.6 Å². The summed E-state index contributed by atoms with van der Waals surface area (Å²) < 4.78 is 1.25. The zero-order chi connectivity index (χ0) is 26.7. The monoisotopic (exact) mass is 558 g/mol. The largest absolute Gasteiger partial charge is 0.477 e. The molecule has 5 nitrogen and oxygen atoms in total. The molecular formula is C29H38N2O3S3. The standard InChI is InChI=1S/C29H38N2O3S3/c1-18-6-8-20(9-7-18)27(32)31(21-10-12-22(13-11-21)36-25-17-30-19(2)35-25)24-16-23(14-15-29(3,4)5)37-26(24)28(33)34/h16-18,20-22H,6-13H2,1-5H3,(H,33,34)/t18-,20-,21-,22-. The minimum absolute atomic E-state index is 0.0167. The first-order chi connectivity index (χ1) is 17.5. The van der Waals surface area contributed by atoms with Crippen LogP contribution in [0.3, 0.4) is 0 Å². The van der Waals surface area contributed by atoms with E-state index in [0.29, 0.717) is 21.7 Å². The lowest BCUT2D eigenvalue weighted by Crippen LogP contribution is -2.46. The Morgan fingerprint density at radius 3 is 2.32 bits per heavy atom. The van der Waals surface area contributed by atoms with Crippen molar-refractivity contribution in [2.24, 2.45) is 17.3 Å². The highest BCUT2D eigenvalue weighted by Gasteiger charge is 2.37. The number of carboxylic acids is 1. The Kier molecular flexibility index (Phi) is 9.09. The van der Waals surface area contributed by atoms with Gasteiger partial charge in [-0.3, -0.25) is 4.79 Å². The van der Waals surface area contributed by atoms with Crippen LogP contribution in [0.4, 0.5) is 5.69 Å². The molecule has 1 amide bonds. The molecule has 8 heteroatoms. The summed E-state index contributed by atoms with van der Waals surface area (Å²) in [6, 6.07) is 1.87. The van der Waals surface area contributed by atoms with E-state index in [2.05, 4.69) is 23.7 Å². The number of thioether (sulfide) groups is 1. The van der Waals surface area contributed by atoms with Crippen LogP contribution in [0, 0.1) is 36.0 Å². The average Bonchev–Trinajstić information content (AvgIpc) is 3.45. The second-order valence-corrected chi connectivity index (χ2v) is 15.4. The number of thiophene rings is 1. The molecule has 0 aliphatic heterocycles. The van der Waals surface area contributed by atoms with Crippen molar-refractivity contribution in [3.05, 3.63) is 27.0 Å². The Labute approximate surface area is 233 Å². The van der Waals surface area contributed by atoms with E-state index < -0.39 is 5.97 Å². The van der Waals surface area contributed by atoms with Gasteiger partial charge in [-0.05, 0) is 91.0 Å². The zero-order valence-electron chi connectivity index (χ0n) is 22.5. The maximum atomic E-state index is 14.1. The SMILES string of the molecule is Cc1ncc(S[C@H]2CC[C@H](N(c3cc(C#CC(C)(C)C)sc3C(=O)O)C(=O)[C@H]3CC[C@H](C)CC3)CC2)s1. The van der Waals surface area contributed by atoms with Crippen LogP contribution in [-0.4, -0.2) is 33.3 Å². The molecule has 2 heterocycles. The van der Waals surface area contributed by atoms with Crippen molar-refractivity contribution in [2.45, 2.75) is 101 Å². The fraction of sp³-hybridized carbons (Fsp3) is 0.621. The fourth-order valence-electron chi connectivity index (χ4n) is 5.21. The maximum absolute atomic E-state index is 14.1. The first kappa shape index (κ1) is 28.2. The lowest BCUT2D eigenvalue weighted by atomic mass is 9.81. The van der Waals surface area contributed by atoms with Gasteiger partial charge in [-0.25, -0.2) is 9.78 Å². The smallest absolute Gasteiger partial charge is 0.348 e. The van der Waals surface area contributed by atoms with Crippen molar-refractivity contribution in [3.63, 3.8) is 0 Å². The maximum Gasteiger partial charge on any atom is 0.348 e. The molecule has 0 unspecified atom stereocenters. The van der Waals surface area contributed by atoms with Gasteiger partial charge in [0.25, 0.3) is 0 Å². The van der Waals surface area contributed by atoms with E-state index in [1.165, 1.54) is 15.5 Å². The van der Waals surface area contributed by atoms with E-state index in [1.54, 1.807) is 11.3 Å². The highest BCUT2D eigenvalue weighted by molar-refractivity contribution is 8.01. The van der Waals surface area contributed by atoms with Crippen molar-refractivity contribution in [1.29, 1.82) is 0 Å². The van der Waals surface area contributed by atoms with Gasteiger partial charge in [-0.2, -0.15) is 0 Å². The summed E-state index contributed by atoms with van der Waals surface area (Å²) in [5, 5.41) is 11.7. The summed E-state index contributed by atoms with van der Waals surface area (Å²) in [6.45, 7) is 10.4. The van der Waals surface area contributed by atoms with Gasteiger partial charge in [0.15, 0.2) is 0 Å². The van der Waals surface area contributed by atoms with Crippen LogP contribution in [0.5, 0.6) is 0 Å². The number of nitrogens with zero attached hydrogens (tertiary/aromatic N) is 2. The second kappa shape index (κ2) is 11.9. The molecular weight excluding hydrogens is 521 g/mol. The van der Waals surface area contributed by atoms with Crippen molar-refractivity contribution >= 4 is 52.0 Å². The van der Waals surface area contributed by atoms with Crippen molar-refractivity contribution in [3.8, 4) is 11.8 Å². The Morgan fingerprint density at radius 1 is 1.08 bits per heavy atom. The van der Waals surface area contributed by atoms with Gasteiger partial charge >= 0.3 is 5.97 Å². The molecule has 4 rings (SSSR count). The Bertz CT molecular complexity index is 1170. The summed E-state index contributed by atoms with van der Waals surface area (Å²) in [7, 11) is 0. The quantitative estimate of drug-likeness (QED) is 0.365. The molecule has 37 heavy (non-hydrogen) atoms. The molecule has 2 aliphatic carbocycles. The van der Waals surface area contributed by atoms with Gasteiger partial charge in [0.05, 0.1) is 26.0 Å². The predicted molar refractivity (Wildman–Crippen MR) is 155 cm³/mol. The summed E-state index contributed by atoms with van der Waals surface area (Å²) >= 11 is 4.82. The lowest BCUT2D eigenvalue weighted by Gasteiger charge is -2.39. The number of carboxylic acid groups (broad SMARTS) is 1. The summed E-state index contributed by atoms with van der Waals surface area (Å²) in [5.74, 6) is 6.14. The highest BCUT2D eigenvalue weighted by atomic mass is 32.2. The van der Waals surface area contributed by atoms with Crippen LogP contribution >= 0.6 is 34.4 Å². The van der Waals surface area contributed by atoms with Crippen molar-refractivity contribution < 1.29 is 14.7 Å². The zero-order valence-corrected chi connectivity index (χ0v) is 25.0. The summed E-state index contributed by atoms with van der Waals surface area (Å²) in [5.41, 5.74) is 0.364. The first-order valence-electron chi connectivity index (χ1n) is 13.3. The van der Waals surface area contributed by atoms with Crippen LogP contribution < -0.4 is 4.90 Å². The molecule has 2 aliphatic rings. The molecule has 2 saturated carbocycles. The molecule has 2 aromatic heterocycles. The van der Waals surface area contributed by atoms with E-state index in [4.69, 9.17) is 0 Å². The number of hydrogen-bond acceptors (Lipinski definition) is 6. The molecule has 0 spiro atoms. The number of aryl methyl sites for hydroxylation is 1. The lowest BCUT2D eigenvalue weighted by molar-refractivity contribution is -0.124. The van der Waals surface area contributed by atoms with Gasteiger partial charge in [-0.1, -0.05) is 18.8 Å². The molecule has 200 valence electrons. The molecule has 0 saturated heterocycles. The Morgan fingerprint density at radius 2 is 1.76 bits per heavy atom. The third-order valence-electron chi connectivity index (χ3n) is 7.22. The number of thiazole rings is 1. The molecule has 2 aromatic rings. The van der Waals surface area contributed by atoms with Crippen LogP contribution in [-0.2, 0) is 4.79 Å². The van der Waals surface area contributed by atoms with Crippen LogP contribution in [0.2, 0.25) is 0 Å². The van der Waals surface area contributed by atoms with Crippen LogP contribution in [0.1, 0.15) is 98.6 Å². The van der Waals surface area contributed by atoms with Gasteiger partial charge in [0, 0.05) is 22.6 Å². The number of hydrogen-bond donors (Lipinski definition) is 1. The van der Waals surface area contributed by atoms with Gasteiger partial charge in [0.2, 0.25) is 5.91 Å². The number of amides is 1. The molecule has 2 fully saturated rings. The van der Waals surface area contributed by atoms with Crippen LogP contribution in [0.25, 0.3) is 0 Å². The normalized spacial score (nSPS) is 24.2. The van der Waals surface area contributed by atoms with E-state index in [9.17, 15) is 14.7 Å². The van der Waals surface area contributed by atoms with Crippen molar-refractivity contribution in [2.75, 3.05) is 4.90 Å². The molecule has 0 aromatic carbocycles. The minimum Gasteiger partial charge on any atom is -0.477 e. The van der Waals surface area contributed by atoms with E-state index >= 15 is 0 Å². The topological polar surface area (TPSA) is 70.5 Å². The molecule has 0 radical (unpaired) electrons. The van der Waals surface area contributed by atoms with Crippen molar-refractivity contribution in [1.82, 2.24) is 4.98 Å². The first-order valence-corrected chi connectivity index (χ1v) is 15.8. The molecule has 0 bridgehead atoms. The number of anilines is 1. The third kappa shape index (κ3) is 7.40. The number of carbonyl (C=O) groups is 2. The summed E-state index contributed by atoms with van der Waals surface area (Å²) in [6.07, 6.45) is 9.60. The highest BCUT2D eigenvalue weighted by Crippen LogP contribution is 2.42. The van der Waals surface area contributed by atoms with Gasteiger partial charge < -0.3 is 10.0 Å². The van der Waals surface area contributed by atoms with E-state index in [0.717, 1.165) is 56.4 Å².